The number of nitrogens with zero attached hydrogens (tertiary/aromatic N) is 3. The van der Waals surface area contributed by atoms with Crippen molar-refractivity contribution in [3.63, 3.8) is 0 Å². The second-order valence-electron chi connectivity index (χ2n) is 12.7. The molecule has 0 spiro atoms. The summed E-state index contributed by atoms with van der Waals surface area (Å²) < 4.78 is 4.98. The van der Waals surface area contributed by atoms with Crippen molar-refractivity contribution in [1.29, 1.82) is 10.5 Å². The zero-order valence-electron chi connectivity index (χ0n) is 25.0. The van der Waals surface area contributed by atoms with E-state index in [-0.39, 0.29) is 5.41 Å². The third-order valence-corrected chi connectivity index (χ3v) is 11.1. The standard InChI is InChI=1S/C41H27N3S/c1-41(2)34-9-5-3-7-27(34)29-14-15-30-33-21-26(13-18-38(33)45-40(30)39(29)41)31-19-24(22-42)11-16-36(31)44-35-10-6-4-8-28(35)32-20-25(23-43)12-17-37(32)44/h3-11,13-16,18-21H,12,17H2,1-2H3. The monoisotopic (exact) mass is 593 g/mol. The minimum Gasteiger partial charge on any atom is -0.312 e. The van der Waals surface area contributed by atoms with Crippen molar-refractivity contribution in [3.05, 3.63) is 131 Å². The summed E-state index contributed by atoms with van der Waals surface area (Å²) in [5, 5.41) is 23.3. The van der Waals surface area contributed by atoms with Crippen LogP contribution in [-0.2, 0) is 11.8 Å². The van der Waals surface area contributed by atoms with E-state index in [4.69, 9.17) is 0 Å². The Morgan fingerprint density at radius 1 is 0.733 bits per heavy atom. The molecule has 0 unspecified atom stereocenters. The normalized spacial score (nSPS) is 14.5. The molecule has 2 aromatic heterocycles. The van der Waals surface area contributed by atoms with E-state index in [0.29, 0.717) is 5.56 Å². The topological polar surface area (TPSA) is 52.5 Å². The van der Waals surface area contributed by atoms with E-state index in [1.165, 1.54) is 48.1 Å². The number of hydrogen-bond donors (Lipinski definition) is 0. The number of fused-ring (bicyclic) bond motifs is 10. The maximum atomic E-state index is 9.95. The van der Waals surface area contributed by atoms with Crippen molar-refractivity contribution in [1.82, 2.24) is 4.57 Å². The zero-order valence-corrected chi connectivity index (χ0v) is 25.8. The van der Waals surface area contributed by atoms with Crippen molar-refractivity contribution in [2.45, 2.75) is 32.1 Å². The van der Waals surface area contributed by atoms with Crippen LogP contribution in [-0.4, -0.2) is 4.57 Å². The van der Waals surface area contributed by atoms with E-state index in [2.05, 4.69) is 122 Å². The second kappa shape index (κ2) is 9.29. The molecule has 0 bridgehead atoms. The predicted molar refractivity (Wildman–Crippen MR) is 186 cm³/mol. The lowest BCUT2D eigenvalue weighted by Crippen LogP contribution is -2.14. The molecule has 0 amide bonds. The molecule has 0 fully saturated rings. The maximum absolute atomic E-state index is 9.95. The molecule has 4 heteroatoms. The summed E-state index contributed by atoms with van der Waals surface area (Å²) in [4.78, 5) is 0. The van der Waals surface area contributed by atoms with Crippen molar-refractivity contribution < 1.29 is 0 Å². The molecular formula is C41H27N3S. The van der Waals surface area contributed by atoms with Crippen molar-refractivity contribution in [2.75, 3.05) is 0 Å². The van der Waals surface area contributed by atoms with Crippen LogP contribution in [0.2, 0.25) is 0 Å². The van der Waals surface area contributed by atoms with Crippen LogP contribution >= 0.6 is 11.3 Å². The van der Waals surface area contributed by atoms with Crippen LogP contribution < -0.4 is 0 Å². The third-order valence-electron chi connectivity index (χ3n) is 9.94. The smallest absolute Gasteiger partial charge is 0.0991 e. The van der Waals surface area contributed by atoms with Gasteiger partial charge >= 0.3 is 0 Å². The van der Waals surface area contributed by atoms with Crippen LogP contribution in [0.4, 0.5) is 0 Å². The van der Waals surface area contributed by atoms with Gasteiger partial charge in [-0.05, 0) is 83.1 Å². The number of rotatable bonds is 2. The minimum atomic E-state index is -0.0716. The van der Waals surface area contributed by atoms with Crippen LogP contribution in [0.5, 0.6) is 0 Å². The Hall–Kier alpha value is -5.42. The van der Waals surface area contributed by atoms with Crippen LogP contribution in [0.25, 0.3) is 65.1 Å². The van der Waals surface area contributed by atoms with E-state index < -0.39 is 0 Å². The fourth-order valence-electron chi connectivity index (χ4n) is 7.87. The van der Waals surface area contributed by atoms with Crippen molar-refractivity contribution in [2.24, 2.45) is 0 Å². The Morgan fingerprint density at radius 3 is 2.44 bits per heavy atom. The second-order valence-corrected chi connectivity index (χ2v) is 13.7. The highest BCUT2D eigenvalue weighted by molar-refractivity contribution is 7.26. The number of aromatic nitrogens is 1. The summed E-state index contributed by atoms with van der Waals surface area (Å²) in [6, 6.07) is 39.5. The van der Waals surface area contributed by atoms with Gasteiger partial charge in [0.05, 0.1) is 28.9 Å². The molecule has 0 radical (unpaired) electrons. The van der Waals surface area contributed by atoms with Gasteiger partial charge in [0.15, 0.2) is 0 Å². The first-order valence-electron chi connectivity index (χ1n) is 15.4. The lowest BCUT2D eigenvalue weighted by molar-refractivity contribution is 0.667. The maximum Gasteiger partial charge on any atom is 0.0991 e. The molecule has 2 aliphatic rings. The molecule has 45 heavy (non-hydrogen) atoms. The molecule has 3 nitrogen and oxygen atoms in total. The predicted octanol–water partition coefficient (Wildman–Crippen LogP) is 10.7. The third kappa shape index (κ3) is 3.55. The Kier molecular flexibility index (Phi) is 5.37. The average Bonchev–Trinajstić information content (AvgIpc) is 3.69. The SMILES string of the molecule is CC1(C)c2ccccc2-c2ccc3c(sc4ccc(-c5cc(C#N)ccc5-n5c6c(c7ccccc75)C=C(C#N)CC6)cc43)c21. The lowest BCUT2D eigenvalue weighted by atomic mass is 9.82. The van der Waals surface area contributed by atoms with Crippen LogP contribution in [0.15, 0.2) is 103 Å². The van der Waals surface area contributed by atoms with Gasteiger partial charge in [0.25, 0.3) is 0 Å². The Bertz CT molecular complexity index is 2540. The quantitative estimate of drug-likeness (QED) is 0.200. The van der Waals surface area contributed by atoms with E-state index in [0.717, 1.165) is 51.7 Å². The Balaban J connectivity index is 1.29. The summed E-state index contributed by atoms with van der Waals surface area (Å²) in [6.07, 6.45) is 3.58. The van der Waals surface area contributed by atoms with Crippen LogP contribution in [0, 0.1) is 22.7 Å². The lowest BCUT2D eigenvalue weighted by Gasteiger charge is -2.22. The number of allylic oxidation sites excluding steroid dienone is 1. The van der Waals surface area contributed by atoms with Gasteiger partial charge in [-0.2, -0.15) is 10.5 Å². The van der Waals surface area contributed by atoms with E-state index >= 15 is 0 Å². The molecule has 5 aromatic carbocycles. The zero-order chi connectivity index (χ0) is 30.4. The summed E-state index contributed by atoms with van der Waals surface area (Å²) in [7, 11) is 0. The molecule has 0 saturated heterocycles. The Labute approximate surface area is 265 Å². The summed E-state index contributed by atoms with van der Waals surface area (Å²) in [5.41, 5.74) is 13.5. The number of benzene rings is 5. The molecule has 212 valence electrons. The fourth-order valence-corrected chi connectivity index (χ4v) is 9.26. The highest BCUT2D eigenvalue weighted by atomic mass is 32.1. The Morgan fingerprint density at radius 2 is 1.58 bits per heavy atom. The summed E-state index contributed by atoms with van der Waals surface area (Å²) in [6.45, 7) is 4.70. The number of hydrogen-bond acceptors (Lipinski definition) is 3. The molecule has 0 aliphatic heterocycles. The molecule has 7 aromatic rings. The molecule has 0 N–H and O–H groups in total. The molecule has 0 saturated carbocycles. The first-order chi connectivity index (χ1) is 22.0. The first-order valence-corrected chi connectivity index (χ1v) is 16.2. The van der Waals surface area contributed by atoms with Gasteiger partial charge < -0.3 is 4.57 Å². The summed E-state index contributed by atoms with van der Waals surface area (Å²) >= 11 is 1.89. The van der Waals surface area contributed by atoms with E-state index in [9.17, 15) is 10.5 Å². The van der Waals surface area contributed by atoms with Gasteiger partial charge in [0, 0.05) is 53.4 Å². The van der Waals surface area contributed by atoms with E-state index in [1.807, 2.05) is 23.5 Å². The van der Waals surface area contributed by atoms with Gasteiger partial charge in [-0.1, -0.05) is 74.5 Å². The van der Waals surface area contributed by atoms with Crippen molar-refractivity contribution in [3.8, 4) is 40.1 Å². The summed E-state index contributed by atoms with van der Waals surface area (Å²) in [5.74, 6) is 0. The van der Waals surface area contributed by atoms with E-state index in [1.54, 1.807) is 0 Å². The van der Waals surface area contributed by atoms with Crippen LogP contribution in [0.3, 0.4) is 0 Å². The molecular weight excluding hydrogens is 567 g/mol. The van der Waals surface area contributed by atoms with Crippen molar-refractivity contribution >= 4 is 48.5 Å². The number of para-hydroxylation sites is 1. The minimum absolute atomic E-state index is 0.0716. The van der Waals surface area contributed by atoms with Crippen LogP contribution in [0.1, 0.15) is 48.2 Å². The average molecular weight is 594 g/mol. The number of nitriles is 2. The molecule has 2 heterocycles. The van der Waals surface area contributed by atoms with Gasteiger partial charge in [0.2, 0.25) is 0 Å². The highest BCUT2D eigenvalue weighted by Gasteiger charge is 2.37. The van der Waals surface area contributed by atoms with Gasteiger partial charge in [-0.15, -0.1) is 11.3 Å². The first kappa shape index (κ1) is 26.0. The molecule has 9 rings (SSSR count). The van der Waals surface area contributed by atoms with Gasteiger partial charge in [-0.3, -0.25) is 0 Å². The largest absolute Gasteiger partial charge is 0.312 e. The number of thiophene rings is 1. The van der Waals surface area contributed by atoms with Gasteiger partial charge in [0.1, 0.15) is 0 Å². The molecule has 0 atom stereocenters. The molecule has 2 aliphatic carbocycles. The fraction of sp³-hybridized carbons (Fsp3) is 0.122. The highest BCUT2D eigenvalue weighted by Crippen LogP contribution is 2.54. The van der Waals surface area contributed by atoms with Gasteiger partial charge in [-0.25, -0.2) is 0 Å².